The first-order chi connectivity index (χ1) is 8.13. The van der Waals surface area contributed by atoms with Crippen molar-refractivity contribution in [3.05, 3.63) is 17.0 Å². The van der Waals surface area contributed by atoms with Crippen LogP contribution in [-0.2, 0) is 28.9 Å². The summed E-state index contributed by atoms with van der Waals surface area (Å²) in [6.45, 7) is -0.0917. The van der Waals surface area contributed by atoms with Crippen LogP contribution in [0.5, 0.6) is 0 Å². The monoisotopic (exact) mass is 244 g/mol. The van der Waals surface area contributed by atoms with Gasteiger partial charge in [-0.05, 0) is 25.7 Å². The molecular weight excluding hydrogens is 230 g/mol. The van der Waals surface area contributed by atoms with Gasteiger partial charge in [0.1, 0.15) is 12.2 Å². The minimum absolute atomic E-state index is 0.0917. The van der Waals surface area contributed by atoms with E-state index < -0.39 is 12.4 Å². The van der Waals surface area contributed by atoms with Gasteiger partial charge in [0.15, 0.2) is 0 Å². The van der Waals surface area contributed by atoms with Crippen molar-refractivity contribution < 1.29 is 18.3 Å². The molecule has 0 saturated carbocycles. The fourth-order valence-electron chi connectivity index (χ4n) is 2.19. The molecule has 0 amide bonds. The van der Waals surface area contributed by atoms with Crippen molar-refractivity contribution in [1.82, 2.24) is 9.78 Å². The molecule has 6 heteroatoms. The summed E-state index contributed by atoms with van der Waals surface area (Å²) in [5.74, 6) is -0.471. The van der Waals surface area contributed by atoms with Crippen molar-refractivity contribution in [2.75, 3.05) is 7.11 Å². The highest BCUT2D eigenvalue weighted by Gasteiger charge is 2.26. The second kappa shape index (κ2) is 4.81. The van der Waals surface area contributed by atoms with Crippen molar-refractivity contribution in [2.24, 2.45) is 0 Å². The van der Waals surface area contributed by atoms with E-state index in [-0.39, 0.29) is 12.2 Å². The number of ether oxygens (including phenoxy) is 1. The number of aromatic nitrogens is 2. The standard InChI is InChI=1S/C11H14F2N2O2/c1-17-9(16)6-15-8-5-3-2-4-7(8)10(14-15)11(12)13/h11H,2-6H2,1H3. The van der Waals surface area contributed by atoms with Crippen LogP contribution in [0.1, 0.15) is 36.2 Å². The number of carbonyl (C=O) groups is 1. The Bertz CT molecular complexity index is 429. The first kappa shape index (κ1) is 12.0. The quantitative estimate of drug-likeness (QED) is 0.762. The van der Waals surface area contributed by atoms with E-state index in [2.05, 4.69) is 9.84 Å². The Balaban J connectivity index is 2.35. The van der Waals surface area contributed by atoms with Crippen LogP contribution < -0.4 is 0 Å². The molecule has 0 spiro atoms. The number of rotatable bonds is 3. The van der Waals surface area contributed by atoms with Gasteiger partial charge in [0, 0.05) is 11.3 Å². The average Bonchev–Trinajstić information content (AvgIpc) is 2.68. The van der Waals surface area contributed by atoms with Gasteiger partial charge in [0.25, 0.3) is 6.43 Å². The number of methoxy groups -OCH3 is 1. The molecule has 0 aliphatic heterocycles. The van der Waals surface area contributed by atoms with Gasteiger partial charge in [-0.15, -0.1) is 0 Å². The summed E-state index contributed by atoms with van der Waals surface area (Å²) in [4.78, 5) is 11.2. The van der Waals surface area contributed by atoms with Crippen LogP contribution in [0.25, 0.3) is 0 Å². The van der Waals surface area contributed by atoms with E-state index in [0.29, 0.717) is 18.4 Å². The summed E-state index contributed by atoms with van der Waals surface area (Å²) in [5.41, 5.74) is 1.20. The number of fused-ring (bicyclic) bond motifs is 1. The zero-order valence-corrected chi connectivity index (χ0v) is 9.58. The fourth-order valence-corrected chi connectivity index (χ4v) is 2.19. The molecular formula is C11H14F2N2O2. The maximum atomic E-state index is 12.8. The van der Waals surface area contributed by atoms with E-state index in [1.54, 1.807) is 0 Å². The molecule has 1 heterocycles. The molecule has 1 aliphatic rings. The van der Waals surface area contributed by atoms with Gasteiger partial charge in [-0.1, -0.05) is 0 Å². The van der Waals surface area contributed by atoms with Gasteiger partial charge in [0.2, 0.25) is 0 Å². The Morgan fingerprint density at radius 1 is 1.47 bits per heavy atom. The van der Waals surface area contributed by atoms with E-state index in [0.717, 1.165) is 18.5 Å². The Hall–Kier alpha value is -1.46. The highest BCUT2D eigenvalue weighted by molar-refractivity contribution is 5.69. The maximum absolute atomic E-state index is 12.8. The third kappa shape index (κ3) is 2.30. The summed E-state index contributed by atoms with van der Waals surface area (Å²) in [6.07, 6.45) is 0.585. The summed E-state index contributed by atoms with van der Waals surface area (Å²) >= 11 is 0. The molecule has 0 saturated heterocycles. The van der Waals surface area contributed by atoms with Gasteiger partial charge in [0.05, 0.1) is 7.11 Å². The zero-order valence-electron chi connectivity index (χ0n) is 9.58. The predicted molar refractivity (Wildman–Crippen MR) is 55.8 cm³/mol. The number of halogens is 2. The number of nitrogens with zero attached hydrogens (tertiary/aromatic N) is 2. The number of esters is 1. The second-order valence-electron chi connectivity index (χ2n) is 4.05. The van der Waals surface area contributed by atoms with E-state index >= 15 is 0 Å². The van der Waals surface area contributed by atoms with Crippen molar-refractivity contribution >= 4 is 5.97 Å². The third-order valence-corrected chi connectivity index (χ3v) is 3.00. The molecule has 4 nitrogen and oxygen atoms in total. The van der Waals surface area contributed by atoms with Crippen LogP contribution in [-0.4, -0.2) is 22.9 Å². The number of alkyl halides is 2. The minimum Gasteiger partial charge on any atom is -0.468 e. The van der Waals surface area contributed by atoms with Crippen molar-refractivity contribution in [1.29, 1.82) is 0 Å². The third-order valence-electron chi connectivity index (χ3n) is 3.00. The Labute approximate surface area is 97.6 Å². The van der Waals surface area contributed by atoms with E-state index in [1.165, 1.54) is 11.8 Å². The second-order valence-corrected chi connectivity index (χ2v) is 4.05. The topological polar surface area (TPSA) is 44.1 Å². The molecule has 0 bridgehead atoms. The van der Waals surface area contributed by atoms with Crippen molar-refractivity contribution in [3.63, 3.8) is 0 Å². The predicted octanol–water partition coefficient (Wildman–Crippen LogP) is 1.87. The lowest BCUT2D eigenvalue weighted by atomic mass is 9.96. The average molecular weight is 244 g/mol. The Morgan fingerprint density at radius 2 is 2.18 bits per heavy atom. The lowest BCUT2D eigenvalue weighted by Crippen LogP contribution is -2.16. The number of hydrogen-bond acceptors (Lipinski definition) is 3. The Morgan fingerprint density at radius 3 is 2.82 bits per heavy atom. The molecule has 17 heavy (non-hydrogen) atoms. The van der Waals surface area contributed by atoms with Crippen molar-refractivity contribution in [3.8, 4) is 0 Å². The van der Waals surface area contributed by atoms with Gasteiger partial charge >= 0.3 is 5.97 Å². The van der Waals surface area contributed by atoms with E-state index in [9.17, 15) is 13.6 Å². The molecule has 1 aliphatic carbocycles. The lowest BCUT2D eigenvalue weighted by molar-refractivity contribution is -0.141. The van der Waals surface area contributed by atoms with Crippen LogP contribution >= 0.6 is 0 Å². The highest BCUT2D eigenvalue weighted by Crippen LogP contribution is 2.30. The molecule has 0 atom stereocenters. The summed E-state index contributed by atoms with van der Waals surface area (Å²) < 4.78 is 31.5. The normalized spacial score (nSPS) is 14.8. The highest BCUT2D eigenvalue weighted by atomic mass is 19.3. The van der Waals surface area contributed by atoms with Crippen molar-refractivity contribution in [2.45, 2.75) is 38.7 Å². The molecule has 0 aromatic carbocycles. The van der Waals surface area contributed by atoms with Crippen LogP contribution in [0.3, 0.4) is 0 Å². The summed E-state index contributed by atoms with van der Waals surface area (Å²) in [5, 5.41) is 3.85. The minimum atomic E-state index is -2.58. The van der Waals surface area contributed by atoms with Crippen LogP contribution in [0.15, 0.2) is 0 Å². The molecule has 0 radical (unpaired) electrons. The van der Waals surface area contributed by atoms with E-state index in [4.69, 9.17) is 0 Å². The molecule has 1 aromatic heterocycles. The van der Waals surface area contributed by atoms with Gasteiger partial charge in [-0.2, -0.15) is 5.10 Å². The Kier molecular flexibility index (Phi) is 3.40. The summed E-state index contributed by atoms with van der Waals surface area (Å²) in [6, 6.07) is 0. The number of carbonyl (C=O) groups excluding carboxylic acids is 1. The van der Waals surface area contributed by atoms with Gasteiger partial charge in [-0.3, -0.25) is 9.48 Å². The van der Waals surface area contributed by atoms with Crippen LogP contribution in [0.4, 0.5) is 8.78 Å². The molecule has 0 fully saturated rings. The van der Waals surface area contributed by atoms with Gasteiger partial charge < -0.3 is 4.74 Å². The first-order valence-electron chi connectivity index (χ1n) is 5.57. The van der Waals surface area contributed by atoms with Crippen LogP contribution in [0.2, 0.25) is 0 Å². The fraction of sp³-hybridized carbons (Fsp3) is 0.636. The summed E-state index contributed by atoms with van der Waals surface area (Å²) in [7, 11) is 1.27. The zero-order chi connectivity index (χ0) is 12.4. The molecule has 2 rings (SSSR count). The first-order valence-corrected chi connectivity index (χ1v) is 5.57. The largest absolute Gasteiger partial charge is 0.468 e. The van der Waals surface area contributed by atoms with Crippen LogP contribution in [0, 0.1) is 0 Å². The van der Waals surface area contributed by atoms with E-state index in [1.807, 2.05) is 0 Å². The molecule has 94 valence electrons. The van der Waals surface area contributed by atoms with Gasteiger partial charge in [-0.25, -0.2) is 8.78 Å². The molecule has 0 unspecified atom stereocenters. The lowest BCUT2D eigenvalue weighted by Gasteiger charge is -2.13. The smallest absolute Gasteiger partial charge is 0.327 e. The number of hydrogen-bond donors (Lipinski definition) is 0. The SMILES string of the molecule is COC(=O)Cn1nc(C(F)F)c2c1CCCC2. The maximum Gasteiger partial charge on any atom is 0.327 e. The molecule has 1 aromatic rings. The molecule has 0 N–H and O–H groups in total.